The Morgan fingerprint density at radius 1 is 0.792 bits per heavy atom. The van der Waals surface area contributed by atoms with Crippen LogP contribution in [0.1, 0.15) is 64.7 Å². The van der Waals surface area contributed by atoms with Gasteiger partial charge in [-0.15, -0.1) is 0 Å². The molecule has 0 saturated heterocycles. The van der Waals surface area contributed by atoms with Gasteiger partial charge in [0, 0.05) is 0 Å². The van der Waals surface area contributed by atoms with E-state index in [1.165, 1.54) is 0 Å². The Bertz CT molecular complexity index is 373. The second-order valence-electron chi connectivity index (χ2n) is 5.68. The predicted molar refractivity (Wildman–Crippen MR) is 75.6 cm³/mol. The summed E-state index contributed by atoms with van der Waals surface area (Å²) >= 11 is -5.66. The van der Waals surface area contributed by atoms with E-state index in [2.05, 4.69) is 10.00 Å². The van der Waals surface area contributed by atoms with E-state index in [9.17, 15) is 33.8 Å². The topological polar surface area (TPSA) is 26.3 Å². The molecular formula is C14H23F7O2Sn. The third-order valence-electron chi connectivity index (χ3n) is 3.37. The molecule has 0 spiro atoms. The SMILES string of the molecule is CCCCCCCCCC[O][Sn](=[O])[C](F)(F)C(F)(F)CC(F)(F)F. The van der Waals surface area contributed by atoms with E-state index in [1.807, 2.05) is 0 Å². The number of rotatable bonds is 13. The molecule has 2 nitrogen and oxygen atoms in total. The van der Waals surface area contributed by atoms with Crippen molar-refractivity contribution in [3.8, 4) is 0 Å². The number of alkyl halides is 7. The molecule has 0 unspecified atom stereocenters. The van der Waals surface area contributed by atoms with Gasteiger partial charge in [0.15, 0.2) is 0 Å². The molecule has 24 heavy (non-hydrogen) atoms. The van der Waals surface area contributed by atoms with Crippen LogP contribution in [0.25, 0.3) is 0 Å². The Balaban J connectivity index is 4.09. The van der Waals surface area contributed by atoms with Gasteiger partial charge in [0.25, 0.3) is 0 Å². The van der Waals surface area contributed by atoms with Gasteiger partial charge in [0.05, 0.1) is 0 Å². The Kier molecular flexibility index (Phi) is 11.0. The summed E-state index contributed by atoms with van der Waals surface area (Å²) in [6.45, 7) is 1.68. The summed E-state index contributed by atoms with van der Waals surface area (Å²) in [5.41, 5.74) is 0. The number of halogens is 7. The Hall–Kier alpha value is 0.0687. The minimum absolute atomic E-state index is 0.265. The first-order valence-corrected chi connectivity index (χ1v) is 11.7. The molecule has 0 fully saturated rings. The van der Waals surface area contributed by atoms with E-state index in [0.29, 0.717) is 6.42 Å². The van der Waals surface area contributed by atoms with Crippen LogP contribution in [0.15, 0.2) is 0 Å². The molecule has 0 aliphatic heterocycles. The van der Waals surface area contributed by atoms with Crippen molar-refractivity contribution < 1.29 is 36.9 Å². The van der Waals surface area contributed by atoms with Gasteiger partial charge in [-0.25, -0.2) is 0 Å². The molecule has 0 aliphatic carbocycles. The Morgan fingerprint density at radius 2 is 1.25 bits per heavy atom. The van der Waals surface area contributed by atoms with Crippen molar-refractivity contribution in [1.82, 2.24) is 0 Å². The normalized spacial score (nSPS) is 13.3. The fourth-order valence-corrected chi connectivity index (χ4v) is 4.57. The standard InChI is InChI=1S/C10H21O.C4H2F7.O.Sn/c1-2-3-4-5-6-7-8-9-10-11;5-2(6)3(7,8)1-4(9,10)11;;/h2-10H2,1H3;1H2;;/q-1;;;+1. The van der Waals surface area contributed by atoms with Gasteiger partial charge in [-0.3, -0.25) is 0 Å². The number of hydrogen-bond acceptors (Lipinski definition) is 2. The quantitative estimate of drug-likeness (QED) is 0.191. The third kappa shape index (κ3) is 9.53. The Morgan fingerprint density at radius 3 is 1.71 bits per heavy atom. The second-order valence-corrected chi connectivity index (χ2v) is 9.94. The molecule has 0 aromatic rings. The summed E-state index contributed by atoms with van der Waals surface area (Å²) in [6, 6.07) is 0. The van der Waals surface area contributed by atoms with Crippen molar-refractivity contribution in [1.29, 1.82) is 0 Å². The van der Waals surface area contributed by atoms with Crippen LogP contribution >= 0.6 is 0 Å². The molecule has 0 N–H and O–H groups in total. The fourth-order valence-electron chi connectivity index (χ4n) is 2.00. The van der Waals surface area contributed by atoms with Gasteiger partial charge in [-0.05, 0) is 0 Å². The van der Waals surface area contributed by atoms with Gasteiger partial charge >= 0.3 is 144 Å². The summed E-state index contributed by atoms with van der Waals surface area (Å²) in [5, 5.41) is 0. The molecule has 0 bridgehead atoms. The molecule has 0 saturated carbocycles. The van der Waals surface area contributed by atoms with Gasteiger partial charge in [-0.2, -0.15) is 0 Å². The maximum atomic E-state index is 13.3. The van der Waals surface area contributed by atoms with Crippen molar-refractivity contribution >= 4 is 20.2 Å². The van der Waals surface area contributed by atoms with Crippen LogP contribution in [0.3, 0.4) is 0 Å². The molecule has 0 heterocycles. The molecule has 0 aromatic heterocycles. The zero-order valence-electron chi connectivity index (χ0n) is 13.5. The van der Waals surface area contributed by atoms with Crippen LogP contribution in [0, 0.1) is 0 Å². The van der Waals surface area contributed by atoms with Gasteiger partial charge in [-0.1, -0.05) is 0 Å². The third-order valence-corrected chi connectivity index (χ3v) is 7.21. The molecule has 0 aliphatic rings. The van der Waals surface area contributed by atoms with Crippen LogP contribution in [-0.4, -0.2) is 42.8 Å². The van der Waals surface area contributed by atoms with Gasteiger partial charge in [0.1, 0.15) is 0 Å². The molecule has 10 heteroatoms. The maximum absolute atomic E-state index is 13.3. The molecule has 0 atom stereocenters. The summed E-state index contributed by atoms with van der Waals surface area (Å²) in [5.74, 6) is -5.42. The molecule has 0 rings (SSSR count). The van der Waals surface area contributed by atoms with Crippen molar-refractivity contribution in [3.63, 3.8) is 0 Å². The van der Waals surface area contributed by atoms with Crippen molar-refractivity contribution in [2.75, 3.05) is 6.61 Å². The first kappa shape index (κ1) is 24.1. The van der Waals surface area contributed by atoms with E-state index in [0.717, 1.165) is 38.5 Å². The van der Waals surface area contributed by atoms with Crippen molar-refractivity contribution in [2.24, 2.45) is 0 Å². The van der Waals surface area contributed by atoms with Crippen LogP contribution < -0.4 is 0 Å². The average Bonchev–Trinajstić information content (AvgIpc) is 2.42. The molecule has 0 aromatic carbocycles. The van der Waals surface area contributed by atoms with E-state index in [1.54, 1.807) is 0 Å². The van der Waals surface area contributed by atoms with Crippen molar-refractivity contribution in [2.45, 2.75) is 80.7 Å². The summed E-state index contributed by atoms with van der Waals surface area (Å²) in [7, 11) is 0. The minimum atomic E-state index is -5.66. The van der Waals surface area contributed by atoms with Gasteiger partial charge < -0.3 is 0 Å². The predicted octanol–water partition coefficient (Wildman–Crippen LogP) is 5.82. The summed E-state index contributed by atoms with van der Waals surface area (Å²) < 4.78 is 98.7. The molecule has 0 amide bonds. The van der Waals surface area contributed by atoms with E-state index in [4.69, 9.17) is 0 Å². The summed E-state index contributed by atoms with van der Waals surface area (Å²) in [6.07, 6.45) is -1.48. The number of unbranched alkanes of at least 4 members (excludes halogenated alkanes) is 7. The van der Waals surface area contributed by atoms with E-state index < -0.39 is 49.2 Å². The Labute approximate surface area is 144 Å². The number of hydrogen-bond donors (Lipinski definition) is 0. The average molecular weight is 475 g/mol. The van der Waals surface area contributed by atoms with Gasteiger partial charge in [0.2, 0.25) is 0 Å². The summed E-state index contributed by atoms with van der Waals surface area (Å²) in [4.78, 5) is 0. The van der Waals surface area contributed by atoms with E-state index >= 15 is 0 Å². The van der Waals surface area contributed by atoms with Crippen molar-refractivity contribution in [3.05, 3.63) is 0 Å². The molecule has 144 valence electrons. The van der Waals surface area contributed by atoms with Crippen LogP contribution in [0.4, 0.5) is 30.7 Å². The monoisotopic (exact) mass is 476 g/mol. The first-order chi connectivity index (χ1) is 10.9. The van der Waals surface area contributed by atoms with Crippen LogP contribution in [0.2, 0.25) is 0 Å². The first-order valence-electron chi connectivity index (χ1n) is 7.93. The van der Waals surface area contributed by atoms with E-state index in [-0.39, 0.29) is 6.42 Å². The zero-order valence-corrected chi connectivity index (χ0v) is 16.4. The van der Waals surface area contributed by atoms with Crippen LogP contribution in [0.5, 0.6) is 0 Å². The zero-order chi connectivity index (χ0) is 18.9. The molecular weight excluding hydrogens is 452 g/mol. The second kappa shape index (κ2) is 10.9. The van der Waals surface area contributed by atoms with Crippen LogP contribution in [-0.2, 0) is 6.15 Å². The fraction of sp³-hybridized carbons (Fsp3) is 1.00. The molecule has 0 radical (unpaired) electrons.